The van der Waals surface area contributed by atoms with E-state index in [0.29, 0.717) is 22.0 Å². The number of benzene rings is 2. The van der Waals surface area contributed by atoms with Gasteiger partial charge in [0.05, 0.1) is 0 Å². The second-order valence-electron chi connectivity index (χ2n) is 3.71. The first kappa shape index (κ1) is 13.2. The van der Waals surface area contributed by atoms with Gasteiger partial charge in [-0.2, -0.15) is 0 Å². The van der Waals surface area contributed by atoms with E-state index in [1.54, 1.807) is 18.2 Å². The van der Waals surface area contributed by atoms with Gasteiger partial charge in [-0.15, -0.1) is 11.8 Å². The van der Waals surface area contributed by atoms with Crippen molar-refractivity contribution in [3.8, 4) is 0 Å². The van der Waals surface area contributed by atoms with Crippen molar-refractivity contribution in [2.75, 3.05) is 5.73 Å². The molecule has 94 valence electrons. The molecule has 0 aliphatic rings. The Kier molecular flexibility index (Phi) is 4.09. The molecule has 0 amide bonds. The molecule has 0 spiro atoms. The molecule has 1 nitrogen and oxygen atoms in total. The van der Waals surface area contributed by atoms with Crippen LogP contribution in [0.25, 0.3) is 0 Å². The van der Waals surface area contributed by atoms with Crippen LogP contribution in [0.4, 0.5) is 14.5 Å². The topological polar surface area (TPSA) is 26.0 Å². The van der Waals surface area contributed by atoms with Gasteiger partial charge >= 0.3 is 0 Å². The highest BCUT2D eigenvalue weighted by molar-refractivity contribution is 7.98. The molecule has 2 aromatic carbocycles. The Morgan fingerprint density at radius 2 is 1.89 bits per heavy atom. The van der Waals surface area contributed by atoms with E-state index < -0.39 is 0 Å². The molecule has 18 heavy (non-hydrogen) atoms. The summed E-state index contributed by atoms with van der Waals surface area (Å²) in [7, 11) is 0. The van der Waals surface area contributed by atoms with Gasteiger partial charge in [0.25, 0.3) is 0 Å². The van der Waals surface area contributed by atoms with Crippen molar-refractivity contribution < 1.29 is 8.78 Å². The Labute approximate surface area is 113 Å². The first-order chi connectivity index (χ1) is 8.56. The fourth-order valence-electron chi connectivity index (χ4n) is 1.45. The Hall–Kier alpha value is -1.26. The van der Waals surface area contributed by atoms with Crippen LogP contribution in [0.3, 0.4) is 0 Å². The summed E-state index contributed by atoms with van der Waals surface area (Å²) in [5, 5.41) is 0.363. The molecule has 0 aromatic heterocycles. The molecule has 2 rings (SSSR count). The standard InChI is InChI=1S/C13H10ClF2NS/c14-9-2-1-8(11(16)5-9)7-18-13-4-3-10(15)6-12(13)17/h1-6H,7,17H2. The van der Waals surface area contributed by atoms with Crippen molar-refractivity contribution >= 4 is 29.1 Å². The molecule has 0 unspecified atom stereocenters. The van der Waals surface area contributed by atoms with Crippen LogP contribution in [0.5, 0.6) is 0 Å². The summed E-state index contributed by atoms with van der Waals surface area (Å²) >= 11 is 7.02. The zero-order chi connectivity index (χ0) is 13.1. The molecular weight excluding hydrogens is 276 g/mol. The van der Waals surface area contributed by atoms with Gasteiger partial charge in [-0.1, -0.05) is 17.7 Å². The molecule has 0 aliphatic carbocycles. The Bertz CT molecular complexity index is 523. The minimum absolute atomic E-state index is 0.351. The van der Waals surface area contributed by atoms with E-state index in [1.165, 1.54) is 30.0 Å². The van der Waals surface area contributed by atoms with Crippen molar-refractivity contribution in [3.63, 3.8) is 0 Å². The summed E-state index contributed by atoms with van der Waals surface area (Å²) in [5.74, 6) is -0.316. The highest BCUT2D eigenvalue weighted by Gasteiger charge is 2.06. The first-order valence-electron chi connectivity index (χ1n) is 5.18. The predicted molar refractivity (Wildman–Crippen MR) is 71.8 cm³/mol. The molecule has 0 saturated carbocycles. The summed E-state index contributed by atoms with van der Waals surface area (Å²) in [6.07, 6.45) is 0. The molecule has 2 N–H and O–H groups in total. The van der Waals surface area contributed by atoms with Crippen LogP contribution in [0.15, 0.2) is 41.3 Å². The molecule has 0 atom stereocenters. The zero-order valence-electron chi connectivity index (χ0n) is 9.29. The van der Waals surface area contributed by atoms with Crippen molar-refractivity contribution in [1.82, 2.24) is 0 Å². The smallest absolute Gasteiger partial charge is 0.128 e. The summed E-state index contributed by atoms with van der Waals surface area (Å²) in [5.41, 5.74) is 6.56. The fourth-order valence-corrected chi connectivity index (χ4v) is 2.54. The van der Waals surface area contributed by atoms with Gasteiger partial charge in [0.1, 0.15) is 11.6 Å². The quantitative estimate of drug-likeness (QED) is 0.664. The number of nitrogen functional groups attached to an aromatic ring is 1. The molecular formula is C13H10ClF2NS. The Morgan fingerprint density at radius 1 is 1.11 bits per heavy atom. The highest BCUT2D eigenvalue weighted by Crippen LogP contribution is 2.29. The van der Waals surface area contributed by atoms with Gasteiger partial charge < -0.3 is 5.73 Å². The Morgan fingerprint density at radius 3 is 2.56 bits per heavy atom. The lowest BCUT2D eigenvalue weighted by Gasteiger charge is -2.06. The minimum Gasteiger partial charge on any atom is -0.398 e. The Balaban J connectivity index is 2.11. The molecule has 0 saturated heterocycles. The van der Waals surface area contributed by atoms with E-state index in [1.807, 2.05) is 0 Å². The number of rotatable bonds is 3. The molecule has 0 bridgehead atoms. The lowest BCUT2D eigenvalue weighted by molar-refractivity contribution is 0.617. The minimum atomic E-state index is -0.380. The van der Waals surface area contributed by atoms with E-state index in [2.05, 4.69) is 0 Å². The molecule has 2 aromatic rings. The fraction of sp³-hybridized carbons (Fsp3) is 0.0769. The van der Waals surface area contributed by atoms with Crippen LogP contribution >= 0.6 is 23.4 Å². The van der Waals surface area contributed by atoms with E-state index in [9.17, 15) is 8.78 Å². The summed E-state index contributed by atoms with van der Waals surface area (Å²) in [4.78, 5) is 0.728. The molecule has 0 aliphatic heterocycles. The average molecular weight is 286 g/mol. The third kappa shape index (κ3) is 3.15. The maximum atomic E-state index is 13.5. The molecule has 0 heterocycles. The molecule has 0 radical (unpaired) electrons. The number of nitrogens with two attached hydrogens (primary N) is 1. The van der Waals surface area contributed by atoms with E-state index >= 15 is 0 Å². The van der Waals surface area contributed by atoms with Crippen molar-refractivity contribution in [3.05, 3.63) is 58.6 Å². The van der Waals surface area contributed by atoms with Gasteiger partial charge in [0, 0.05) is 21.4 Å². The predicted octanol–water partition coefficient (Wildman–Crippen LogP) is 4.49. The number of anilines is 1. The van der Waals surface area contributed by atoms with E-state index in [4.69, 9.17) is 17.3 Å². The summed E-state index contributed by atoms with van der Waals surface area (Å²) in [6.45, 7) is 0. The number of thioether (sulfide) groups is 1. The van der Waals surface area contributed by atoms with Crippen molar-refractivity contribution in [1.29, 1.82) is 0 Å². The second kappa shape index (κ2) is 5.59. The highest BCUT2D eigenvalue weighted by atomic mass is 35.5. The average Bonchev–Trinajstić information content (AvgIpc) is 2.30. The van der Waals surface area contributed by atoms with Crippen molar-refractivity contribution in [2.45, 2.75) is 10.6 Å². The maximum absolute atomic E-state index is 13.5. The first-order valence-corrected chi connectivity index (χ1v) is 6.54. The third-order valence-electron chi connectivity index (χ3n) is 2.37. The van der Waals surface area contributed by atoms with Crippen LogP contribution in [-0.2, 0) is 5.75 Å². The van der Waals surface area contributed by atoms with Gasteiger partial charge in [-0.25, -0.2) is 8.78 Å². The van der Waals surface area contributed by atoms with Crippen LogP contribution < -0.4 is 5.73 Å². The second-order valence-corrected chi connectivity index (χ2v) is 5.16. The molecule has 5 heteroatoms. The van der Waals surface area contributed by atoms with Crippen LogP contribution in [0, 0.1) is 11.6 Å². The SMILES string of the molecule is Nc1cc(F)ccc1SCc1ccc(Cl)cc1F. The monoisotopic (exact) mass is 285 g/mol. The number of hydrogen-bond acceptors (Lipinski definition) is 2. The lowest BCUT2D eigenvalue weighted by Crippen LogP contribution is -1.92. The van der Waals surface area contributed by atoms with Crippen LogP contribution in [-0.4, -0.2) is 0 Å². The van der Waals surface area contributed by atoms with E-state index in [0.717, 1.165) is 4.90 Å². The lowest BCUT2D eigenvalue weighted by atomic mass is 10.2. The third-order valence-corrected chi connectivity index (χ3v) is 3.74. The maximum Gasteiger partial charge on any atom is 0.128 e. The van der Waals surface area contributed by atoms with Crippen LogP contribution in [0.2, 0.25) is 5.02 Å². The van der Waals surface area contributed by atoms with Crippen molar-refractivity contribution in [2.24, 2.45) is 0 Å². The summed E-state index contributed by atoms with van der Waals surface area (Å²) < 4.78 is 26.4. The number of hydrogen-bond donors (Lipinski definition) is 1. The summed E-state index contributed by atoms with van der Waals surface area (Å²) in [6, 6.07) is 8.70. The van der Waals surface area contributed by atoms with E-state index in [-0.39, 0.29) is 11.6 Å². The zero-order valence-corrected chi connectivity index (χ0v) is 10.9. The number of halogens is 3. The van der Waals surface area contributed by atoms with Gasteiger partial charge in [-0.3, -0.25) is 0 Å². The molecule has 0 fully saturated rings. The van der Waals surface area contributed by atoms with Crippen LogP contribution in [0.1, 0.15) is 5.56 Å². The van der Waals surface area contributed by atoms with Gasteiger partial charge in [0.15, 0.2) is 0 Å². The van der Waals surface area contributed by atoms with Gasteiger partial charge in [-0.05, 0) is 35.9 Å². The van der Waals surface area contributed by atoms with Gasteiger partial charge in [0.2, 0.25) is 0 Å². The normalized spacial score (nSPS) is 10.6. The largest absolute Gasteiger partial charge is 0.398 e.